The molecule has 0 spiro atoms. The van der Waals surface area contributed by atoms with Gasteiger partial charge >= 0.3 is 0 Å². The van der Waals surface area contributed by atoms with Gasteiger partial charge in [0, 0.05) is 36.0 Å². The van der Waals surface area contributed by atoms with E-state index in [4.69, 9.17) is 9.47 Å². The number of ether oxygens (including phenoxy) is 2. The molecule has 1 aliphatic heterocycles. The molecule has 3 aromatic rings. The van der Waals surface area contributed by atoms with Crippen LogP contribution in [0.5, 0.6) is 11.5 Å². The van der Waals surface area contributed by atoms with Crippen molar-refractivity contribution in [1.29, 1.82) is 0 Å². The summed E-state index contributed by atoms with van der Waals surface area (Å²) >= 11 is 0. The maximum Gasteiger partial charge on any atom is 0.244 e. The molecule has 0 aliphatic carbocycles. The molecule has 2 aromatic carbocycles. The third kappa shape index (κ3) is 4.46. The van der Waals surface area contributed by atoms with E-state index in [9.17, 15) is 4.79 Å². The summed E-state index contributed by atoms with van der Waals surface area (Å²) < 4.78 is 11.3. The highest BCUT2D eigenvalue weighted by Gasteiger charge is 2.25. The third-order valence-corrected chi connectivity index (χ3v) is 4.85. The number of carbonyl (C=O) groups is 1. The first-order chi connectivity index (χ1) is 14.2. The smallest absolute Gasteiger partial charge is 0.244 e. The summed E-state index contributed by atoms with van der Waals surface area (Å²) in [5.41, 5.74) is 4.14. The summed E-state index contributed by atoms with van der Waals surface area (Å²) in [7, 11) is 1.63. The minimum atomic E-state index is -0.146. The first-order valence-corrected chi connectivity index (χ1v) is 9.52. The predicted molar refractivity (Wildman–Crippen MR) is 113 cm³/mol. The van der Waals surface area contributed by atoms with E-state index >= 15 is 0 Å². The average Bonchev–Trinajstić information content (AvgIpc) is 3.20. The Morgan fingerprint density at radius 3 is 2.83 bits per heavy atom. The minimum Gasteiger partial charge on any atom is -0.497 e. The van der Waals surface area contributed by atoms with Crippen molar-refractivity contribution < 1.29 is 14.3 Å². The molecule has 0 fully saturated rings. The van der Waals surface area contributed by atoms with Crippen LogP contribution in [0.3, 0.4) is 0 Å². The van der Waals surface area contributed by atoms with Crippen molar-refractivity contribution >= 4 is 12.0 Å². The number of carbonyl (C=O) groups excluding carboxylic acids is 1. The van der Waals surface area contributed by atoms with Crippen LogP contribution in [-0.2, 0) is 11.2 Å². The number of hydrogen-bond acceptors (Lipinski definition) is 4. The van der Waals surface area contributed by atoms with Crippen LogP contribution in [0.2, 0.25) is 0 Å². The van der Waals surface area contributed by atoms with Crippen molar-refractivity contribution in [1.82, 2.24) is 10.3 Å². The summed E-state index contributed by atoms with van der Waals surface area (Å²) in [6.07, 6.45) is 7.58. The standard InChI is InChI=1S/C24H22N2O3/c1-28-20-10-7-17(8-11-20)9-12-23(27)26-16-21-14-18-4-2-6-22(24(18)29-21)19-5-3-13-25-15-19/h2-13,15,21H,14,16H2,1H3,(H,26,27). The van der Waals surface area contributed by atoms with Crippen molar-refractivity contribution in [2.45, 2.75) is 12.5 Å². The fraction of sp³-hybridized carbons (Fsp3) is 0.167. The molecule has 5 heteroatoms. The van der Waals surface area contributed by atoms with E-state index in [2.05, 4.69) is 16.4 Å². The fourth-order valence-corrected chi connectivity index (χ4v) is 3.36. The van der Waals surface area contributed by atoms with E-state index in [1.807, 2.05) is 54.7 Å². The van der Waals surface area contributed by atoms with Crippen molar-refractivity contribution in [2.75, 3.05) is 13.7 Å². The molecule has 1 N–H and O–H groups in total. The van der Waals surface area contributed by atoms with E-state index in [-0.39, 0.29) is 12.0 Å². The zero-order valence-corrected chi connectivity index (χ0v) is 16.2. The van der Waals surface area contributed by atoms with Crippen LogP contribution in [0.1, 0.15) is 11.1 Å². The fourth-order valence-electron chi connectivity index (χ4n) is 3.36. The number of fused-ring (bicyclic) bond motifs is 1. The molecule has 1 atom stereocenters. The number of nitrogens with zero attached hydrogens (tertiary/aromatic N) is 1. The highest BCUT2D eigenvalue weighted by molar-refractivity contribution is 5.91. The number of pyridine rings is 1. The number of nitrogens with one attached hydrogen (secondary N) is 1. The molecule has 146 valence electrons. The van der Waals surface area contributed by atoms with Gasteiger partial charge in [0.25, 0.3) is 0 Å². The maximum absolute atomic E-state index is 12.2. The molecule has 1 aromatic heterocycles. The van der Waals surface area contributed by atoms with Gasteiger partial charge in [-0.25, -0.2) is 0 Å². The third-order valence-electron chi connectivity index (χ3n) is 4.85. The number of methoxy groups -OCH3 is 1. The van der Waals surface area contributed by atoms with Crippen LogP contribution >= 0.6 is 0 Å². The number of amides is 1. The van der Waals surface area contributed by atoms with E-state index in [1.54, 1.807) is 19.4 Å². The number of hydrogen-bond donors (Lipinski definition) is 1. The maximum atomic E-state index is 12.2. The molecule has 1 unspecified atom stereocenters. The molecule has 1 amide bonds. The van der Waals surface area contributed by atoms with Gasteiger partial charge < -0.3 is 14.8 Å². The van der Waals surface area contributed by atoms with Crippen LogP contribution in [0.15, 0.2) is 73.1 Å². The summed E-state index contributed by atoms with van der Waals surface area (Å²) in [5.74, 6) is 1.52. The van der Waals surface area contributed by atoms with E-state index in [0.29, 0.717) is 6.54 Å². The molecule has 0 bridgehead atoms. The molecular formula is C24H22N2O3. The lowest BCUT2D eigenvalue weighted by molar-refractivity contribution is -0.116. The second kappa shape index (κ2) is 8.61. The molecule has 0 saturated carbocycles. The number of benzene rings is 2. The van der Waals surface area contributed by atoms with Gasteiger partial charge in [0.2, 0.25) is 5.91 Å². The molecular weight excluding hydrogens is 364 g/mol. The molecule has 2 heterocycles. The molecule has 1 aliphatic rings. The largest absolute Gasteiger partial charge is 0.497 e. The Morgan fingerprint density at radius 1 is 1.21 bits per heavy atom. The Hall–Kier alpha value is -3.60. The SMILES string of the molecule is COc1ccc(C=CC(=O)NCC2Cc3cccc(-c4cccnc4)c3O2)cc1. The number of para-hydroxylation sites is 1. The van der Waals surface area contributed by atoms with E-state index in [0.717, 1.165) is 40.2 Å². The first-order valence-electron chi connectivity index (χ1n) is 9.52. The van der Waals surface area contributed by atoms with E-state index < -0.39 is 0 Å². The lowest BCUT2D eigenvalue weighted by Crippen LogP contribution is -2.33. The Labute approximate surface area is 170 Å². The lowest BCUT2D eigenvalue weighted by Gasteiger charge is -2.13. The monoisotopic (exact) mass is 386 g/mol. The van der Waals surface area contributed by atoms with Crippen LogP contribution in [0.25, 0.3) is 17.2 Å². The van der Waals surface area contributed by atoms with Crippen LogP contribution in [0, 0.1) is 0 Å². The quantitative estimate of drug-likeness (QED) is 0.653. The molecule has 4 rings (SSSR count). The van der Waals surface area contributed by atoms with Crippen molar-refractivity contribution in [2.24, 2.45) is 0 Å². The van der Waals surface area contributed by atoms with Crippen molar-refractivity contribution in [3.8, 4) is 22.6 Å². The highest BCUT2D eigenvalue weighted by atomic mass is 16.5. The first kappa shape index (κ1) is 18.7. The van der Waals surface area contributed by atoms with Crippen LogP contribution in [-0.4, -0.2) is 30.6 Å². The van der Waals surface area contributed by atoms with Gasteiger partial charge in [0.05, 0.1) is 13.7 Å². The summed E-state index contributed by atoms with van der Waals surface area (Å²) in [6, 6.07) is 17.6. The molecule has 29 heavy (non-hydrogen) atoms. The lowest BCUT2D eigenvalue weighted by atomic mass is 10.0. The average molecular weight is 386 g/mol. The Bertz CT molecular complexity index is 1010. The summed E-state index contributed by atoms with van der Waals surface area (Å²) in [6.45, 7) is 0.451. The van der Waals surface area contributed by atoms with Gasteiger partial charge in [-0.15, -0.1) is 0 Å². The van der Waals surface area contributed by atoms with Crippen LogP contribution in [0.4, 0.5) is 0 Å². The second-order valence-corrected chi connectivity index (χ2v) is 6.83. The van der Waals surface area contributed by atoms with Gasteiger partial charge in [0.1, 0.15) is 17.6 Å². The number of aromatic nitrogens is 1. The molecule has 5 nitrogen and oxygen atoms in total. The van der Waals surface area contributed by atoms with Gasteiger partial charge in [-0.2, -0.15) is 0 Å². The van der Waals surface area contributed by atoms with Gasteiger partial charge in [-0.05, 0) is 35.4 Å². The molecule has 0 saturated heterocycles. The van der Waals surface area contributed by atoms with E-state index in [1.165, 1.54) is 6.08 Å². The topological polar surface area (TPSA) is 60.5 Å². The predicted octanol–water partition coefficient (Wildman–Crippen LogP) is 3.89. The van der Waals surface area contributed by atoms with Gasteiger partial charge in [-0.1, -0.05) is 36.4 Å². The van der Waals surface area contributed by atoms with Gasteiger partial charge in [0.15, 0.2) is 0 Å². The number of rotatable bonds is 6. The van der Waals surface area contributed by atoms with Crippen molar-refractivity contribution in [3.05, 3.63) is 84.2 Å². The van der Waals surface area contributed by atoms with Crippen molar-refractivity contribution in [3.63, 3.8) is 0 Å². The Balaban J connectivity index is 1.35. The van der Waals surface area contributed by atoms with Gasteiger partial charge in [-0.3, -0.25) is 9.78 Å². The normalized spacial score (nSPS) is 15.0. The molecule has 0 radical (unpaired) electrons. The minimum absolute atomic E-state index is 0.0823. The Morgan fingerprint density at radius 2 is 2.07 bits per heavy atom. The zero-order valence-electron chi connectivity index (χ0n) is 16.2. The highest BCUT2D eigenvalue weighted by Crippen LogP contribution is 2.38. The summed E-state index contributed by atoms with van der Waals surface area (Å²) in [4.78, 5) is 16.4. The summed E-state index contributed by atoms with van der Waals surface area (Å²) in [5, 5.41) is 2.92. The Kier molecular flexibility index (Phi) is 5.56. The zero-order chi connectivity index (χ0) is 20.1. The second-order valence-electron chi connectivity index (χ2n) is 6.83. The van der Waals surface area contributed by atoms with Crippen LogP contribution < -0.4 is 14.8 Å².